The highest BCUT2D eigenvalue weighted by molar-refractivity contribution is 6.31. The van der Waals surface area contributed by atoms with Gasteiger partial charge in [0, 0.05) is 47.6 Å². The van der Waals surface area contributed by atoms with E-state index in [2.05, 4.69) is 30.9 Å². The Bertz CT molecular complexity index is 1820. The van der Waals surface area contributed by atoms with E-state index in [4.69, 9.17) is 35.9 Å². The minimum atomic E-state index is -1.23. The molecule has 2 aromatic heterocycles. The molecule has 0 saturated carbocycles. The van der Waals surface area contributed by atoms with E-state index in [1.165, 1.54) is 0 Å². The summed E-state index contributed by atoms with van der Waals surface area (Å²) in [6, 6.07) is 14.1. The van der Waals surface area contributed by atoms with Gasteiger partial charge in [-0.25, -0.2) is 9.78 Å². The topological polar surface area (TPSA) is 98.4 Å². The molecular weight excluding hydrogens is 628 g/mol. The molecule has 7 rings (SSSR count). The molecule has 10 heteroatoms. The van der Waals surface area contributed by atoms with Gasteiger partial charge in [0.25, 0.3) is 0 Å². The number of piperidine rings is 1. The summed E-state index contributed by atoms with van der Waals surface area (Å²) in [6.45, 7) is 15.8. The number of carbonyl (C=O) groups is 1. The van der Waals surface area contributed by atoms with Crippen LogP contribution in [0.1, 0.15) is 89.6 Å². The van der Waals surface area contributed by atoms with Crippen molar-refractivity contribution >= 4 is 29.0 Å². The van der Waals surface area contributed by atoms with Gasteiger partial charge in [-0.05, 0) is 110 Å². The summed E-state index contributed by atoms with van der Waals surface area (Å²) in [5.41, 5.74) is 5.23. The van der Waals surface area contributed by atoms with Crippen LogP contribution in [0.25, 0.3) is 28.0 Å². The largest absolute Gasteiger partial charge is 0.490 e. The van der Waals surface area contributed by atoms with Gasteiger partial charge in [-0.15, -0.1) is 0 Å². The first kappa shape index (κ1) is 34.2. The average molecular weight is 675 g/mol. The SMILES string of the molecule is Cc1cc2c(cc1Cl)-c1cccc(c1)-c1cc3nc(C)c([C@H](OC(C)(C)C)C(=O)O)c(n3n1)N1CCC(C)(CC1)OCCCC[C@@H](C)O2. The number of fused-ring (bicyclic) bond motifs is 8. The van der Waals surface area contributed by atoms with E-state index in [9.17, 15) is 9.90 Å². The third kappa shape index (κ3) is 7.19. The maximum atomic E-state index is 12.8. The molecule has 4 aromatic rings. The fourth-order valence-electron chi connectivity index (χ4n) is 6.74. The van der Waals surface area contributed by atoms with E-state index in [1.807, 2.05) is 65.0 Å². The Labute approximate surface area is 288 Å². The Balaban J connectivity index is 1.54. The first-order chi connectivity index (χ1) is 22.7. The lowest BCUT2D eigenvalue weighted by Gasteiger charge is -2.41. The van der Waals surface area contributed by atoms with Gasteiger partial charge in [-0.1, -0.05) is 29.8 Å². The third-order valence-electron chi connectivity index (χ3n) is 9.40. The monoisotopic (exact) mass is 674 g/mol. The Morgan fingerprint density at radius 3 is 2.54 bits per heavy atom. The molecular formula is C38H47ClN4O5. The number of aromatic nitrogens is 3. The Hall–Kier alpha value is -3.66. The summed E-state index contributed by atoms with van der Waals surface area (Å²) in [5.74, 6) is 0.428. The maximum Gasteiger partial charge on any atom is 0.337 e. The zero-order chi connectivity index (χ0) is 34.4. The second-order valence-corrected chi connectivity index (χ2v) is 15.0. The van der Waals surface area contributed by atoms with Crippen LogP contribution in [0.15, 0.2) is 42.5 Å². The van der Waals surface area contributed by atoms with Crippen LogP contribution in [0.3, 0.4) is 0 Å². The standard InChI is InChI=1S/C38H47ClN4O5/c1-23-19-31-28(21-29(23)39)26-12-10-13-27(20-26)30-22-32-40-25(3)33(34(36(44)45)48-37(4,5)6)35(43(32)41-30)42-16-14-38(7,15-17-42)46-18-9-8-11-24(2)47-31/h10,12-13,19-22,24,34H,8-9,11,14-18H2,1-7H3,(H,44,45)/t24-,34+/m1/s1. The number of rotatable bonds is 3. The molecule has 9 nitrogen and oxygen atoms in total. The van der Waals surface area contributed by atoms with Crippen LogP contribution >= 0.6 is 11.6 Å². The summed E-state index contributed by atoms with van der Waals surface area (Å²) in [4.78, 5) is 20.0. The number of nitrogens with zero attached hydrogens (tertiary/aromatic N) is 4. The molecule has 0 radical (unpaired) electrons. The number of hydrogen-bond acceptors (Lipinski definition) is 7. The van der Waals surface area contributed by atoms with Crippen molar-refractivity contribution in [2.24, 2.45) is 0 Å². The fraction of sp³-hybridized carbons (Fsp3) is 0.500. The first-order valence-electron chi connectivity index (χ1n) is 17.0. The number of halogens is 1. The van der Waals surface area contributed by atoms with E-state index in [-0.39, 0.29) is 11.7 Å². The zero-order valence-electron chi connectivity index (χ0n) is 29.1. The van der Waals surface area contributed by atoms with Crippen LogP contribution in [0.5, 0.6) is 5.75 Å². The lowest BCUT2D eigenvalue weighted by Crippen LogP contribution is -2.46. The van der Waals surface area contributed by atoms with Gasteiger partial charge in [0.1, 0.15) is 11.6 Å². The molecule has 5 heterocycles. The quantitative estimate of drug-likeness (QED) is 0.231. The Morgan fingerprint density at radius 2 is 1.83 bits per heavy atom. The van der Waals surface area contributed by atoms with Crippen molar-refractivity contribution in [2.75, 3.05) is 24.6 Å². The molecule has 6 bridgehead atoms. The van der Waals surface area contributed by atoms with Crippen molar-refractivity contribution in [3.05, 3.63) is 64.3 Å². The fourth-order valence-corrected chi connectivity index (χ4v) is 6.91. The molecule has 3 aliphatic heterocycles. The van der Waals surface area contributed by atoms with Crippen molar-refractivity contribution in [1.29, 1.82) is 0 Å². The van der Waals surface area contributed by atoms with Gasteiger partial charge in [-0.3, -0.25) is 0 Å². The van der Waals surface area contributed by atoms with Gasteiger partial charge in [0.2, 0.25) is 0 Å². The van der Waals surface area contributed by atoms with Crippen LogP contribution in [0, 0.1) is 13.8 Å². The summed E-state index contributed by atoms with van der Waals surface area (Å²) in [6.07, 6.45) is 3.22. The van der Waals surface area contributed by atoms with E-state index < -0.39 is 17.7 Å². The normalized spacial score (nSPS) is 21.2. The van der Waals surface area contributed by atoms with E-state index in [0.29, 0.717) is 47.4 Å². The smallest absolute Gasteiger partial charge is 0.337 e. The number of anilines is 1. The number of aliphatic carboxylic acids is 1. The third-order valence-corrected chi connectivity index (χ3v) is 9.80. The van der Waals surface area contributed by atoms with Crippen LogP contribution < -0.4 is 9.64 Å². The number of carboxylic acid groups (broad SMARTS) is 1. The highest BCUT2D eigenvalue weighted by atomic mass is 35.5. The van der Waals surface area contributed by atoms with E-state index in [1.54, 1.807) is 4.52 Å². The van der Waals surface area contributed by atoms with Crippen molar-refractivity contribution < 1.29 is 24.1 Å². The molecule has 1 N–H and O–H groups in total. The van der Waals surface area contributed by atoms with Gasteiger partial charge < -0.3 is 24.2 Å². The van der Waals surface area contributed by atoms with Crippen LogP contribution in [0.4, 0.5) is 5.82 Å². The molecule has 3 aliphatic rings. The second kappa shape index (κ2) is 13.3. The number of carboxylic acids is 1. The predicted octanol–water partition coefficient (Wildman–Crippen LogP) is 8.60. The molecule has 0 spiro atoms. The molecule has 0 amide bonds. The van der Waals surface area contributed by atoms with Crippen LogP contribution in [-0.4, -0.2) is 62.7 Å². The first-order valence-corrected chi connectivity index (χ1v) is 17.4. The minimum Gasteiger partial charge on any atom is -0.490 e. The lowest BCUT2D eigenvalue weighted by molar-refractivity contribution is -0.160. The predicted molar refractivity (Wildman–Crippen MR) is 189 cm³/mol. The molecule has 2 aromatic carbocycles. The van der Waals surface area contributed by atoms with Crippen LogP contribution in [0.2, 0.25) is 5.02 Å². The van der Waals surface area contributed by atoms with Crippen molar-refractivity contribution in [3.63, 3.8) is 0 Å². The number of benzene rings is 2. The molecule has 0 unspecified atom stereocenters. The number of ether oxygens (including phenoxy) is 3. The van der Waals surface area contributed by atoms with Gasteiger partial charge >= 0.3 is 5.97 Å². The molecule has 2 atom stereocenters. The van der Waals surface area contributed by atoms with Crippen molar-refractivity contribution in [3.8, 4) is 28.1 Å². The molecule has 48 heavy (non-hydrogen) atoms. The molecule has 1 saturated heterocycles. The Kier molecular flexibility index (Phi) is 9.50. The van der Waals surface area contributed by atoms with Gasteiger partial charge in [0.15, 0.2) is 11.8 Å². The summed E-state index contributed by atoms with van der Waals surface area (Å²) in [5, 5.41) is 16.3. The van der Waals surface area contributed by atoms with Crippen molar-refractivity contribution in [2.45, 2.75) is 104 Å². The van der Waals surface area contributed by atoms with Gasteiger partial charge in [0.05, 0.1) is 28.6 Å². The average Bonchev–Trinajstić information content (AvgIpc) is 3.44. The van der Waals surface area contributed by atoms with Gasteiger partial charge in [-0.2, -0.15) is 9.61 Å². The molecule has 256 valence electrons. The highest BCUT2D eigenvalue weighted by Crippen LogP contribution is 2.40. The van der Waals surface area contributed by atoms with E-state index >= 15 is 0 Å². The van der Waals surface area contributed by atoms with Crippen molar-refractivity contribution in [1.82, 2.24) is 14.6 Å². The molecule has 0 aliphatic carbocycles. The summed E-state index contributed by atoms with van der Waals surface area (Å²) in [7, 11) is 0. The summed E-state index contributed by atoms with van der Waals surface area (Å²) < 4.78 is 21.1. The lowest BCUT2D eigenvalue weighted by atomic mass is 9.92. The number of hydrogen-bond donors (Lipinski definition) is 1. The maximum absolute atomic E-state index is 12.8. The second-order valence-electron chi connectivity index (χ2n) is 14.6. The summed E-state index contributed by atoms with van der Waals surface area (Å²) >= 11 is 6.66. The van der Waals surface area contributed by atoms with E-state index in [0.717, 1.165) is 65.8 Å². The zero-order valence-corrected chi connectivity index (χ0v) is 29.9. The minimum absolute atomic E-state index is 0.0224. The molecule has 1 fully saturated rings. The number of aryl methyl sites for hydroxylation is 2. The Morgan fingerprint density at radius 1 is 1.10 bits per heavy atom. The van der Waals surface area contributed by atoms with Crippen LogP contribution in [-0.2, 0) is 14.3 Å². The highest BCUT2D eigenvalue weighted by Gasteiger charge is 2.38.